The fourth-order valence-corrected chi connectivity index (χ4v) is 4.99. The van der Waals surface area contributed by atoms with Gasteiger partial charge in [-0.15, -0.1) is 0 Å². The number of sulfonamides is 1. The van der Waals surface area contributed by atoms with Crippen LogP contribution in [0.4, 0.5) is 5.69 Å². The molecule has 0 aromatic heterocycles. The van der Waals surface area contributed by atoms with E-state index in [1.165, 1.54) is 6.07 Å². The van der Waals surface area contributed by atoms with Crippen LogP contribution in [-0.2, 0) is 10.0 Å². The number of para-hydroxylation sites is 1. The van der Waals surface area contributed by atoms with Crippen molar-refractivity contribution in [3.05, 3.63) is 94.0 Å². The average Bonchev–Trinajstić information content (AvgIpc) is 2.69. The number of rotatable bonds is 6. The van der Waals surface area contributed by atoms with E-state index in [2.05, 4.69) is 16.1 Å². The summed E-state index contributed by atoms with van der Waals surface area (Å²) >= 11 is 0. The van der Waals surface area contributed by atoms with E-state index in [4.69, 9.17) is 0 Å². The van der Waals surface area contributed by atoms with Gasteiger partial charge >= 0.3 is 0 Å². The quantitative estimate of drug-likeness (QED) is 0.557. The van der Waals surface area contributed by atoms with Crippen LogP contribution in [0.15, 0.2) is 65.6 Å². The number of aryl methyl sites for hydroxylation is 4. The van der Waals surface area contributed by atoms with Crippen LogP contribution in [0.2, 0.25) is 0 Å². The molecule has 0 aliphatic heterocycles. The lowest BCUT2D eigenvalue weighted by Gasteiger charge is -2.18. The van der Waals surface area contributed by atoms with Crippen molar-refractivity contribution < 1.29 is 13.2 Å². The lowest BCUT2D eigenvalue weighted by Crippen LogP contribution is -2.27. The zero-order chi connectivity index (χ0) is 22.8. The Balaban J connectivity index is 1.86. The fraction of sp³-hybridized carbons (Fsp3) is 0.240. The summed E-state index contributed by atoms with van der Waals surface area (Å²) in [5.41, 5.74) is 5.49. The van der Waals surface area contributed by atoms with Crippen molar-refractivity contribution in [1.29, 1.82) is 0 Å². The second-order valence-electron chi connectivity index (χ2n) is 7.96. The lowest BCUT2D eigenvalue weighted by molar-refractivity contribution is 0.0939. The van der Waals surface area contributed by atoms with Crippen LogP contribution in [0.3, 0.4) is 0 Å². The Morgan fingerprint density at radius 1 is 0.839 bits per heavy atom. The normalized spacial score (nSPS) is 12.3. The molecule has 3 aromatic carbocycles. The Kier molecular flexibility index (Phi) is 6.51. The number of anilines is 1. The summed E-state index contributed by atoms with van der Waals surface area (Å²) in [5, 5.41) is 2.98. The molecule has 0 unspecified atom stereocenters. The van der Waals surface area contributed by atoms with E-state index < -0.39 is 10.0 Å². The molecule has 0 radical (unpaired) electrons. The highest BCUT2D eigenvalue weighted by Crippen LogP contribution is 2.24. The zero-order valence-corrected chi connectivity index (χ0v) is 19.3. The van der Waals surface area contributed by atoms with E-state index in [9.17, 15) is 13.2 Å². The molecule has 3 rings (SSSR count). The highest BCUT2D eigenvalue weighted by atomic mass is 32.2. The Hall–Kier alpha value is -3.12. The van der Waals surface area contributed by atoms with E-state index in [1.807, 2.05) is 52.0 Å². The van der Waals surface area contributed by atoms with Crippen molar-refractivity contribution in [3.8, 4) is 0 Å². The highest BCUT2D eigenvalue weighted by molar-refractivity contribution is 7.92. The molecular weight excluding hydrogens is 408 g/mol. The standard InChI is InChI=1S/C25H28N2O3S/c1-16-10-13-22(19(4)14-16)20(5)26-25(28)21-12-11-18(3)24(15-21)31(29,30)27-23-9-7-6-8-17(23)2/h6-15,20,27H,1-5H3,(H,26,28)/t20-/m0/s1. The first-order valence-corrected chi connectivity index (χ1v) is 11.6. The summed E-state index contributed by atoms with van der Waals surface area (Å²) in [4.78, 5) is 13.0. The average molecular weight is 437 g/mol. The molecule has 6 heteroatoms. The number of benzene rings is 3. The Morgan fingerprint density at radius 2 is 1.55 bits per heavy atom. The number of carbonyl (C=O) groups is 1. The maximum atomic E-state index is 13.0. The highest BCUT2D eigenvalue weighted by Gasteiger charge is 2.21. The molecule has 162 valence electrons. The van der Waals surface area contributed by atoms with Gasteiger partial charge in [0, 0.05) is 5.56 Å². The first-order chi connectivity index (χ1) is 14.6. The first kappa shape index (κ1) is 22.6. The molecule has 3 aromatic rings. The van der Waals surface area contributed by atoms with Crippen LogP contribution in [0.5, 0.6) is 0 Å². The monoisotopic (exact) mass is 436 g/mol. The third kappa shape index (κ3) is 5.14. The molecule has 1 amide bonds. The minimum Gasteiger partial charge on any atom is -0.346 e. The third-order valence-corrected chi connectivity index (χ3v) is 6.88. The van der Waals surface area contributed by atoms with E-state index in [0.717, 1.165) is 22.3 Å². The topological polar surface area (TPSA) is 75.3 Å². The first-order valence-electron chi connectivity index (χ1n) is 10.2. The molecule has 0 saturated heterocycles. The van der Waals surface area contributed by atoms with Crippen LogP contribution in [-0.4, -0.2) is 14.3 Å². The number of amides is 1. The van der Waals surface area contributed by atoms with Crippen LogP contribution in [0.1, 0.15) is 51.1 Å². The minimum atomic E-state index is -3.84. The van der Waals surface area contributed by atoms with E-state index in [1.54, 1.807) is 31.2 Å². The van der Waals surface area contributed by atoms with Gasteiger partial charge < -0.3 is 5.32 Å². The smallest absolute Gasteiger partial charge is 0.262 e. The summed E-state index contributed by atoms with van der Waals surface area (Å²) in [7, 11) is -3.84. The predicted octanol–water partition coefficient (Wildman–Crippen LogP) is 5.21. The van der Waals surface area contributed by atoms with E-state index in [-0.39, 0.29) is 16.8 Å². The van der Waals surface area contributed by atoms with Crippen molar-refractivity contribution in [2.75, 3.05) is 4.72 Å². The summed E-state index contributed by atoms with van der Waals surface area (Å²) in [6.45, 7) is 9.51. The fourth-order valence-electron chi connectivity index (χ4n) is 3.59. The molecule has 5 nitrogen and oxygen atoms in total. The molecule has 0 heterocycles. The van der Waals surface area contributed by atoms with Gasteiger partial charge in [0.2, 0.25) is 0 Å². The maximum absolute atomic E-state index is 13.0. The van der Waals surface area contributed by atoms with Gasteiger partial charge in [0.25, 0.3) is 15.9 Å². The predicted molar refractivity (Wildman–Crippen MR) is 125 cm³/mol. The summed E-state index contributed by atoms with van der Waals surface area (Å²) in [6.07, 6.45) is 0. The van der Waals surface area contributed by atoms with Gasteiger partial charge in [0.05, 0.1) is 16.6 Å². The van der Waals surface area contributed by atoms with E-state index in [0.29, 0.717) is 16.8 Å². The van der Waals surface area contributed by atoms with Gasteiger partial charge in [-0.2, -0.15) is 0 Å². The molecule has 0 aliphatic carbocycles. The van der Waals surface area contributed by atoms with Crippen LogP contribution in [0, 0.1) is 27.7 Å². The number of carbonyl (C=O) groups excluding carboxylic acids is 1. The van der Waals surface area contributed by atoms with Crippen LogP contribution < -0.4 is 10.0 Å². The van der Waals surface area contributed by atoms with Gasteiger partial charge in [-0.05, 0) is 75.1 Å². The lowest BCUT2D eigenvalue weighted by atomic mass is 10.00. The molecule has 0 bridgehead atoms. The number of hydrogen-bond acceptors (Lipinski definition) is 3. The second-order valence-corrected chi connectivity index (χ2v) is 9.61. The van der Waals surface area contributed by atoms with Gasteiger partial charge in [0.1, 0.15) is 0 Å². The van der Waals surface area contributed by atoms with Gasteiger partial charge in [-0.25, -0.2) is 8.42 Å². The third-order valence-electron chi connectivity index (χ3n) is 5.37. The van der Waals surface area contributed by atoms with Gasteiger partial charge in [0.15, 0.2) is 0 Å². The molecular formula is C25H28N2O3S. The largest absolute Gasteiger partial charge is 0.346 e. The number of nitrogens with one attached hydrogen (secondary N) is 2. The van der Waals surface area contributed by atoms with Gasteiger partial charge in [-0.1, -0.05) is 48.0 Å². The molecule has 0 fully saturated rings. The maximum Gasteiger partial charge on any atom is 0.262 e. The Bertz CT molecular complexity index is 1230. The molecule has 0 spiro atoms. The molecule has 31 heavy (non-hydrogen) atoms. The number of hydrogen-bond donors (Lipinski definition) is 2. The molecule has 2 N–H and O–H groups in total. The Morgan fingerprint density at radius 3 is 2.23 bits per heavy atom. The molecule has 1 atom stereocenters. The summed E-state index contributed by atoms with van der Waals surface area (Å²) in [5.74, 6) is -0.320. The Labute approximate surface area is 184 Å². The van der Waals surface area contributed by atoms with Crippen molar-refractivity contribution >= 4 is 21.6 Å². The zero-order valence-electron chi connectivity index (χ0n) is 18.5. The van der Waals surface area contributed by atoms with Crippen molar-refractivity contribution in [3.63, 3.8) is 0 Å². The van der Waals surface area contributed by atoms with Crippen LogP contribution in [0.25, 0.3) is 0 Å². The van der Waals surface area contributed by atoms with Crippen LogP contribution >= 0.6 is 0 Å². The van der Waals surface area contributed by atoms with Crippen molar-refractivity contribution in [1.82, 2.24) is 5.32 Å². The molecule has 0 aliphatic rings. The van der Waals surface area contributed by atoms with Crippen molar-refractivity contribution in [2.24, 2.45) is 0 Å². The molecule has 0 saturated carbocycles. The summed E-state index contributed by atoms with van der Waals surface area (Å²) < 4.78 is 28.7. The van der Waals surface area contributed by atoms with E-state index >= 15 is 0 Å². The van der Waals surface area contributed by atoms with Gasteiger partial charge in [-0.3, -0.25) is 9.52 Å². The second kappa shape index (κ2) is 8.94. The minimum absolute atomic E-state index is 0.0857. The summed E-state index contributed by atoms with van der Waals surface area (Å²) in [6, 6.07) is 17.8. The SMILES string of the molecule is Cc1ccc([C@H](C)NC(=O)c2ccc(C)c(S(=O)(=O)Nc3ccccc3C)c2)c(C)c1. The van der Waals surface area contributed by atoms with Crippen molar-refractivity contribution in [2.45, 2.75) is 45.6 Å².